The lowest BCUT2D eigenvalue weighted by Crippen LogP contribution is -2.43. The third kappa shape index (κ3) is 9.18. The Morgan fingerprint density at radius 1 is 1.00 bits per heavy atom. The number of amides is 2. The molecule has 2 amide bonds. The maximum atomic E-state index is 13.9. The summed E-state index contributed by atoms with van der Waals surface area (Å²) in [5.41, 5.74) is -2.80. The maximum Gasteiger partial charge on any atom is 0.423 e. The van der Waals surface area contributed by atoms with Crippen molar-refractivity contribution >= 4 is 34.6 Å². The predicted octanol–water partition coefficient (Wildman–Crippen LogP) is 5.76. The van der Waals surface area contributed by atoms with Gasteiger partial charge in [-0.2, -0.15) is 44.5 Å². The summed E-state index contributed by atoms with van der Waals surface area (Å²) in [5.74, 6) is -5.27. The minimum absolute atomic E-state index is 0.0241. The minimum Gasteiger partial charge on any atom is -0.471 e. The molecule has 1 aromatic carbocycles. The molecule has 1 saturated carbocycles. The van der Waals surface area contributed by atoms with Gasteiger partial charge in [0.25, 0.3) is 18.2 Å². The molecule has 0 saturated heterocycles. The smallest absolute Gasteiger partial charge is 0.423 e. The van der Waals surface area contributed by atoms with E-state index in [1.807, 2.05) is 0 Å². The van der Waals surface area contributed by atoms with Crippen molar-refractivity contribution in [3.63, 3.8) is 0 Å². The topological polar surface area (TPSA) is 130 Å². The average molecular weight is 721 g/mol. The van der Waals surface area contributed by atoms with Crippen molar-refractivity contribution < 1.29 is 67.7 Å². The average Bonchev–Trinajstić information content (AvgIpc) is 3.30. The van der Waals surface area contributed by atoms with E-state index < -0.39 is 90.7 Å². The number of nitrogens with zero attached hydrogens (tertiary/aromatic N) is 3. The van der Waals surface area contributed by atoms with Gasteiger partial charge in [-0.25, -0.2) is 13.8 Å². The fourth-order valence-electron chi connectivity index (χ4n) is 5.06. The van der Waals surface area contributed by atoms with E-state index in [2.05, 4.69) is 20.6 Å². The molecule has 4 rings (SSSR count). The van der Waals surface area contributed by atoms with Crippen molar-refractivity contribution in [1.29, 1.82) is 0 Å². The lowest BCUT2D eigenvalue weighted by molar-refractivity contribution is -0.205. The van der Waals surface area contributed by atoms with Crippen LogP contribution in [0.3, 0.4) is 0 Å². The number of carbonyl (C=O) groups excluding carboxylic acids is 2. The van der Waals surface area contributed by atoms with E-state index in [-0.39, 0.29) is 48.4 Å². The van der Waals surface area contributed by atoms with Crippen LogP contribution in [0.4, 0.5) is 59.9 Å². The Morgan fingerprint density at radius 3 is 2.22 bits per heavy atom. The van der Waals surface area contributed by atoms with Gasteiger partial charge in [0.15, 0.2) is 12.3 Å². The molecular weight excluding hydrogens is 693 g/mol. The zero-order valence-electron chi connectivity index (χ0n) is 25.0. The zero-order valence-corrected chi connectivity index (χ0v) is 25.0. The number of hydrogen-bond donors (Lipinski definition) is 4. The second-order valence-corrected chi connectivity index (χ2v) is 11.1. The van der Waals surface area contributed by atoms with Crippen molar-refractivity contribution in [3.05, 3.63) is 41.0 Å². The summed E-state index contributed by atoms with van der Waals surface area (Å²) in [6, 6.07) is 2.65. The molecule has 1 unspecified atom stereocenters. The first kappa shape index (κ1) is 37.4. The molecule has 0 spiro atoms. The molecule has 3 aromatic rings. The van der Waals surface area contributed by atoms with E-state index in [4.69, 9.17) is 9.84 Å². The fraction of sp³-hybridized carbons (Fsp3) is 0.500. The van der Waals surface area contributed by atoms with Crippen LogP contribution in [0.15, 0.2) is 24.3 Å². The number of aliphatic hydroxyl groups excluding tert-OH is 1. The number of pyridine rings is 1. The van der Waals surface area contributed by atoms with E-state index in [1.54, 1.807) is 5.32 Å². The molecule has 49 heavy (non-hydrogen) atoms. The van der Waals surface area contributed by atoms with Crippen molar-refractivity contribution in [3.8, 4) is 5.88 Å². The van der Waals surface area contributed by atoms with Crippen LogP contribution in [0.2, 0.25) is 0 Å². The fourth-order valence-corrected chi connectivity index (χ4v) is 5.06. The number of nitrogens with one attached hydrogen (secondary N) is 3. The Labute approximate surface area is 269 Å². The van der Waals surface area contributed by atoms with Crippen LogP contribution in [0.25, 0.3) is 11.2 Å². The molecule has 10 nitrogen and oxygen atoms in total. The summed E-state index contributed by atoms with van der Waals surface area (Å²) in [4.78, 5) is 33.0. The molecule has 1 aliphatic rings. The van der Waals surface area contributed by atoms with Crippen LogP contribution in [0.5, 0.6) is 5.88 Å². The molecule has 270 valence electrons. The van der Waals surface area contributed by atoms with Crippen molar-refractivity contribution in [2.24, 2.45) is 13.0 Å². The van der Waals surface area contributed by atoms with Gasteiger partial charge in [0.05, 0.1) is 17.2 Å². The molecule has 2 heterocycles. The van der Waals surface area contributed by atoms with Crippen molar-refractivity contribution in [1.82, 2.24) is 25.2 Å². The Balaban J connectivity index is 1.63. The monoisotopic (exact) mass is 720 g/mol. The van der Waals surface area contributed by atoms with E-state index in [0.717, 1.165) is 22.8 Å². The summed E-state index contributed by atoms with van der Waals surface area (Å²) in [5, 5.41) is 15.8. The summed E-state index contributed by atoms with van der Waals surface area (Å²) in [6.45, 7) is -1.93. The second kappa shape index (κ2) is 14.2. The normalized spacial score (nSPS) is 18.0. The van der Waals surface area contributed by atoms with Crippen LogP contribution in [0, 0.1) is 5.92 Å². The standard InChI is InChI=1S/C28H27F11N6O4/c1-45-21-18(9-15(24(44-21)49-11-19(29)30)22(47)41-14-5-3-13(4-6-14)26(31,32)33)43-25(45)42-17-8-12(2-7-16(17)27(34,35)36)10-40-23(48)20(46)28(37,38)39/h2,7-9,13-14,19-20,46H,3-6,10-11H2,1H3,(H,40,48)(H,41,47)(H,42,43). The highest BCUT2D eigenvalue weighted by Gasteiger charge is 2.44. The highest BCUT2D eigenvalue weighted by molar-refractivity contribution is 5.99. The van der Waals surface area contributed by atoms with Gasteiger partial charge in [-0.1, -0.05) is 6.07 Å². The number of aliphatic hydroxyl groups is 1. The van der Waals surface area contributed by atoms with E-state index >= 15 is 0 Å². The molecule has 0 bridgehead atoms. The molecular formula is C28H27F11N6O4. The van der Waals surface area contributed by atoms with E-state index in [1.165, 1.54) is 7.05 Å². The number of ether oxygens (including phenoxy) is 1. The van der Waals surface area contributed by atoms with Crippen LogP contribution < -0.4 is 20.7 Å². The lowest BCUT2D eigenvalue weighted by Gasteiger charge is -2.30. The first-order valence-corrected chi connectivity index (χ1v) is 14.3. The Bertz CT molecular complexity index is 1670. The summed E-state index contributed by atoms with van der Waals surface area (Å²) >= 11 is 0. The quantitative estimate of drug-likeness (QED) is 0.196. The largest absolute Gasteiger partial charge is 0.471 e. The molecule has 1 atom stereocenters. The van der Waals surface area contributed by atoms with Crippen molar-refractivity contribution in [2.75, 3.05) is 11.9 Å². The first-order chi connectivity index (χ1) is 22.6. The molecule has 1 fully saturated rings. The number of alkyl halides is 11. The van der Waals surface area contributed by atoms with Gasteiger partial charge in [-0.05, 0) is 49.4 Å². The van der Waals surface area contributed by atoms with Crippen LogP contribution in [-0.2, 0) is 24.6 Å². The number of hydrogen-bond acceptors (Lipinski definition) is 7. The number of fused-ring (bicyclic) bond motifs is 1. The second-order valence-electron chi connectivity index (χ2n) is 11.1. The number of benzene rings is 1. The molecule has 0 aliphatic heterocycles. The van der Waals surface area contributed by atoms with Crippen LogP contribution >= 0.6 is 0 Å². The Hall–Kier alpha value is -4.43. The molecule has 21 heteroatoms. The number of aryl methyl sites for hydroxylation is 1. The summed E-state index contributed by atoms with van der Waals surface area (Å²) in [6.07, 6.45) is -21.6. The van der Waals surface area contributed by atoms with Gasteiger partial charge >= 0.3 is 18.5 Å². The zero-order chi connectivity index (χ0) is 36.5. The predicted molar refractivity (Wildman–Crippen MR) is 148 cm³/mol. The van der Waals surface area contributed by atoms with Gasteiger partial charge in [-0.15, -0.1) is 0 Å². The number of aromatic nitrogens is 3. The number of imidazole rings is 1. The highest BCUT2D eigenvalue weighted by Crippen LogP contribution is 2.39. The molecule has 0 radical (unpaired) electrons. The van der Waals surface area contributed by atoms with Gasteiger partial charge in [-0.3, -0.25) is 14.2 Å². The Morgan fingerprint density at radius 2 is 1.65 bits per heavy atom. The van der Waals surface area contributed by atoms with Gasteiger partial charge in [0.1, 0.15) is 11.1 Å². The number of rotatable bonds is 10. The molecule has 1 aliphatic carbocycles. The maximum absolute atomic E-state index is 13.9. The van der Waals surface area contributed by atoms with E-state index in [9.17, 15) is 57.9 Å². The summed E-state index contributed by atoms with van der Waals surface area (Å²) < 4.78 is 151. The van der Waals surface area contributed by atoms with Crippen LogP contribution in [0.1, 0.15) is 47.2 Å². The first-order valence-electron chi connectivity index (χ1n) is 14.3. The number of carbonyl (C=O) groups is 2. The van der Waals surface area contributed by atoms with Crippen molar-refractivity contribution in [2.45, 2.75) is 69.3 Å². The van der Waals surface area contributed by atoms with Gasteiger partial charge < -0.3 is 25.8 Å². The number of halogens is 11. The third-order valence-electron chi connectivity index (χ3n) is 7.59. The highest BCUT2D eigenvalue weighted by atomic mass is 19.4. The van der Waals surface area contributed by atoms with Gasteiger partial charge in [0.2, 0.25) is 17.9 Å². The van der Waals surface area contributed by atoms with Gasteiger partial charge in [0, 0.05) is 19.6 Å². The molecule has 2 aromatic heterocycles. The lowest BCUT2D eigenvalue weighted by atomic mass is 9.85. The Kier molecular flexibility index (Phi) is 10.8. The minimum atomic E-state index is -5.29. The number of anilines is 2. The van der Waals surface area contributed by atoms with Crippen LogP contribution in [-0.4, -0.2) is 69.0 Å². The third-order valence-corrected chi connectivity index (χ3v) is 7.59. The SMILES string of the molecule is Cn1c(Nc2cc(CNC(=O)C(O)C(F)(F)F)ccc2C(F)(F)F)nc2cc(C(=O)NC3CCC(C(F)(F)F)CC3)c(OCC(F)F)nc21. The summed E-state index contributed by atoms with van der Waals surface area (Å²) in [7, 11) is 1.26. The molecule has 4 N–H and O–H groups in total. The van der Waals surface area contributed by atoms with E-state index in [0.29, 0.717) is 6.07 Å².